The van der Waals surface area contributed by atoms with Gasteiger partial charge in [0.15, 0.2) is 0 Å². The lowest BCUT2D eigenvalue weighted by Gasteiger charge is -2.33. The third-order valence-corrected chi connectivity index (χ3v) is 7.20. The van der Waals surface area contributed by atoms with Crippen LogP contribution in [0.2, 0.25) is 0 Å². The lowest BCUT2D eigenvalue weighted by molar-refractivity contribution is -0.142. The van der Waals surface area contributed by atoms with Crippen molar-refractivity contribution in [1.29, 1.82) is 0 Å². The number of nitrogens with one attached hydrogen (secondary N) is 3. The number of carbonyl (C=O) groups is 3. The van der Waals surface area contributed by atoms with Gasteiger partial charge in [-0.15, -0.1) is 0 Å². The van der Waals surface area contributed by atoms with Gasteiger partial charge >= 0.3 is 0 Å². The van der Waals surface area contributed by atoms with Gasteiger partial charge in [0.05, 0.1) is 6.04 Å². The summed E-state index contributed by atoms with van der Waals surface area (Å²) in [6, 6.07) is 6.11. The van der Waals surface area contributed by atoms with Gasteiger partial charge < -0.3 is 25.6 Å². The molecule has 35 heavy (non-hydrogen) atoms. The molecule has 0 spiro atoms. The van der Waals surface area contributed by atoms with Gasteiger partial charge in [0.1, 0.15) is 24.4 Å². The average Bonchev–Trinajstić information content (AvgIpc) is 2.87. The molecule has 0 saturated heterocycles. The fourth-order valence-corrected chi connectivity index (χ4v) is 4.16. The first-order chi connectivity index (χ1) is 16.7. The first kappa shape index (κ1) is 28.6. The highest BCUT2D eigenvalue weighted by Gasteiger charge is 2.33. The smallest absolute Gasteiger partial charge is 0.243 e. The monoisotopic (exact) mass is 488 g/mol. The molecule has 5 atom stereocenters. The maximum Gasteiger partial charge on any atom is 0.243 e. The van der Waals surface area contributed by atoms with E-state index in [4.69, 9.17) is 4.74 Å². The molecule has 196 valence electrons. The largest absolute Gasteiger partial charge is 0.492 e. The molecule has 2 rings (SSSR count). The molecule has 0 saturated carbocycles. The van der Waals surface area contributed by atoms with Crippen LogP contribution in [0.1, 0.15) is 59.4 Å². The van der Waals surface area contributed by atoms with Gasteiger partial charge in [-0.3, -0.25) is 14.4 Å². The molecule has 1 heterocycles. The fourth-order valence-electron chi connectivity index (χ4n) is 4.16. The van der Waals surface area contributed by atoms with Crippen LogP contribution in [0.3, 0.4) is 0 Å². The minimum absolute atomic E-state index is 0.0404. The fraction of sp³-hybridized carbons (Fsp3) is 0.667. The molecule has 1 aromatic rings. The number of aryl methyl sites for hydroxylation is 1. The number of amides is 3. The van der Waals surface area contributed by atoms with Gasteiger partial charge in [0, 0.05) is 20.1 Å². The molecule has 0 fully saturated rings. The van der Waals surface area contributed by atoms with E-state index in [1.165, 1.54) is 4.90 Å². The number of para-hydroxylation sites is 1. The Bertz CT molecular complexity index is 846. The molecule has 1 aromatic carbocycles. The minimum atomic E-state index is -0.711. The van der Waals surface area contributed by atoms with Crippen LogP contribution in [0.25, 0.3) is 0 Å². The molecule has 0 unspecified atom stereocenters. The Hall–Kier alpha value is -2.61. The van der Waals surface area contributed by atoms with Gasteiger partial charge in [-0.25, -0.2) is 0 Å². The standard InChI is InChI=1S/C27H44N4O4/c1-7-18(3)23-26(33)29-15-11-13-21-12-9-10-14-22(21)35-17-16-28-24(19(4)8-2)27(34)31(6)20(5)25(32)30-23/h9-10,12,14,18-20,23-24,28H,7-8,11,13,15-17H2,1-6H3,(H,29,33)(H,30,32)/t18-,19+,20-,23-,24+/m1/s1. The summed E-state index contributed by atoms with van der Waals surface area (Å²) >= 11 is 0. The van der Waals surface area contributed by atoms with Crippen molar-refractivity contribution in [2.75, 3.05) is 26.7 Å². The molecular formula is C27H44N4O4. The van der Waals surface area contributed by atoms with Gasteiger partial charge in [0.25, 0.3) is 0 Å². The van der Waals surface area contributed by atoms with Crippen LogP contribution in [0.5, 0.6) is 5.75 Å². The predicted molar refractivity (Wildman–Crippen MR) is 138 cm³/mol. The summed E-state index contributed by atoms with van der Waals surface area (Å²) in [6.45, 7) is 11.1. The van der Waals surface area contributed by atoms with Crippen LogP contribution in [-0.2, 0) is 20.8 Å². The second-order valence-electron chi connectivity index (χ2n) is 9.67. The third kappa shape index (κ3) is 7.95. The second-order valence-corrected chi connectivity index (χ2v) is 9.67. The third-order valence-electron chi connectivity index (χ3n) is 7.20. The van der Waals surface area contributed by atoms with Gasteiger partial charge in [0.2, 0.25) is 17.7 Å². The number of rotatable bonds is 4. The Kier molecular flexibility index (Phi) is 11.5. The van der Waals surface area contributed by atoms with Crippen LogP contribution >= 0.6 is 0 Å². The van der Waals surface area contributed by atoms with Crippen molar-refractivity contribution >= 4 is 17.7 Å². The zero-order chi connectivity index (χ0) is 26.0. The van der Waals surface area contributed by atoms with Crippen molar-refractivity contribution in [3.8, 4) is 5.75 Å². The Morgan fingerprint density at radius 1 is 1.00 bits per heavy atom. The highest BCUT2D eigenvalue weighted by molar-refractivity contribution is 5.93. The average molecular weight is 489 g/mol. The van der Waals surface area contributed by atoms with Crippen LogP contribution in [0.15, 0.2) is 24.3 Å². The number of nitrogens with zero attached hydrogens (tertiary/aromatic N) is 1. The lowest BCUT2D eigenvalue weighted by atomic mass is 9.96. The topological polar surface area (TPSA) is 99.8 Å². The van der Waals surface area contributed by atoms with E-state index < -0.39 is 18.1 Å². The molecule has 1 aliphatic rings. The quantitative estimate of drug-likeness (QED) is 0.605. The van der Waals surface area contributed by atoms with Crippen LogP contribution < -0.4 is 20.7 Å². The molecule has 8 nitrogen and oxygen atoms in total. The van der Waals surface area contributed by atoms with Crippen LogP contribution in [0, 0.1) is 11.8 Å². The SMILES string of the molecule is CC[C@@H](C)[C@H]1NC(=O)[C@@H](C)N(C)C(=O)[C@H]([C@@H](C)CC)NCCOc2ccccc2CCCNC1=O. The van der Waals surface area contributed by atoms with E-state index in [9.17, 15) is 14.4 Å². The zero-order valence-corrected chi connectivity index (χ0v) is 22.2. The van der Waals surface area contributed by atoms with Crippen molar-refractivity contribution < 1.29 is 19.1 Å². The number of likely N-dealkylation sites (N-methyl/N-ethyl adjacent to an activating group) is 1. The van der Waals surface area contributed by atoms with Crippen molar-refractivity contribution in [3.63, 3.8) is 0 Å². The second kappa shape index (κ2) is 14.1. The Morgan fingerprint density at radius 2 is 1.66 bits per heavy atom. The van der Waals surface area contributed by atoms with Crippen molar-refractivity contribution in [2.45, 2.75) is 78.4 Å². The van der Waals surface area contributed by atoms with Gasteiger partial charge in [-0.05, 0) is 43.2 Å². The summed E-state index contributed by atoms with van der Waals surface area (Å²) in [7, 11) is 1.65. The Labute approximate surface area is 210 Å². The van der Waals surface area contributed by atoms with E-state index >= 15 is 0 Å². The van der Waals surface area contributed by atoms with Gasteiger partial charge in [-0.1, -0.05) is 58.7 Å². The van der Waals surface area contributed by atoms with Gasteiger partial charge in [-0.2, -0.15) is 0 Å². The number of hydrogen-bond acceptors (Lipinski definition) is 5. The van der Waals surface area contributed by atoms with E-state index in [-0.39, 0.29) is 29.6 Å². The summed E-state index contributed by atoms with van der Waals surface area (Å²) < 4.78 is 6.04. The molecule has 8 heteroatoms. The van der Waals surface area contributed by atoms with E-state index in [1.54, 1.807) is 14.0 Å². The molecule has 3 N–H and O–H groups in total. The molecule has 0 aliphatic carbocycles. The van der Waals surface area contributed by atoms with Crippen molar-refractivity contribution in [1.82, 2.24) is 20.9 Å². The predicted octanol–water partition coefficient (Wildman–Crippen LogP) is 2.51. The summed E-state index contributed by atoms with van der Waals surface area (Å²) in [5.41, 5.74) is 1.08. The minimum Gasteiger partial charge on any atom is -0.492 e. The first-order valence-corrected chi connectivity index (χ1v) is 13.0. The van der Waals surface area contributed by atoms with E-state index in [2.05, 4.69) is 16.0 Å². The Morgan fingerprint density at radius 3 is 2.34 bits per heavy atom. The van der Waals surface area contributed by atoms with E-state index in [1.807, 2.05) is 52.0 Å². The summed E-state index contributed by atoms with van der Waals surface area (Å²) in [4.78, 5) is 41.0. The number of ether oxygens (including phenoxy) is 1. The summed E-state index contributed by atoms with van der Waals surface area (Å²) in [5.74, 6) is 0.191. The van der Waals surface area contributed by atoms with Crippen LogP contribution in [-0.4, -0.2) is 67.5 Å². The molecule has 0 aromatic heterocycles. The highest BCUT2D eigenvalue weighted by Crippen LogP contribution is 2.20. The Balaban J connectivity index is 2.30. The van der Waals surface area contributed by atoms with Crippen LogP contribution in [0.4, 0.5) is 0 Å². The highest BCUT2D eigenvalue weighted by atomic mass is 16.5. The zero-order valence-electron chi connectivity index (χ0n) is 22.2. The number of benzene rings is 1. The van der Waals surface area contributed by atoms with E-state index in [0.29, 0.717) is 19.7 Å². The summed E-state index contributed by atoms with van der Waals surface area (Å²) in [5, 5.41) is 9.25. The lowest BCUT2D eigenvalue weighted by Crippen LogP contribution is -2.58. The number of hydrogen-bond donors (Lipinski definition) is 3. The first-order valence-electron chi connectivity index (χ1n) is 13.0. The normalized spacial score (nSPS) is 25.3. The molecule has 3 amide bonds. The molecule has 0 radical (unpaired) electrons. The molecule has 0 bridgehead atoms. The van der Waals surface area contributed by atoms with Crippen molar-refractivity contribution in [3.05, 3.63) is 29.8 Å². The maximum atomic E-state index is 13.4. The maximum absolute atomic E-state index is 13.4. The van der Waals surface area contributed by atoms with Crippen molar-refractivity contribution in [2.24, 2.45) is 11.8 Å². The number of carbonyl (C=O) groups excluding carboxylic acids is 3. The molecular weight excluding hydrogens is 444 g/mol. The summed E-state index contributed by atoms with van der Waals surface area (Å²) in [6.07, 6.45) is 3.08. The molecule has 1 aliphatic heterocycles. The number of fused-ring (bicyclic) bond motifs is 1. The van der Waals surface area contributed by atoms with E-state index in [0.717, 1.165) is 37.0 Å².